The van der Waals surface area contributed by atoms with Crippen LogP contribution in [0.3, 0.4) is 0 Å². The molecule has 0 unspecified atom stereocenters. The Hall–Kier alpha value is 0.803. The molecule has 1 aromatic carbocycles. The van der Waals surface area contributed by atoms with E-state index in [0.717, 1.165) is 9.79 Å². The molecule has 3 radical (unpaired) electrons. The maximum Gasteiger partial charge on any atom is 0.0176 e. The van der Waals surface area contributed by atoms with Crippen LogP contribution < -0.4 is 0 Å². The molecular weight excluding hydrogens is 357 g/mol. The minimum absolute atomic E-state index is 0. The summed E-state index contributed by atoms with van der Waals surface area (Å²) in [6, 6.07) is 5.95. The smallest absolute Gasteiger partial charge is 0.0176 e. The molecule has 0 fully saturated rings. The molecule has 0 saturated heterocycles. The van der Waals surface area contributed by atoms with Crippen molar-refractivity contribution in [2.24, 2.45) is 0 Å². The third kappa shape index (κ3) is 2.81. The van der Waals surface area contributed by atoms with E-state index in [1.165, 1.54) is 5.56 Å². The van der Waals surface area contributed by atoms with Crippen LogP contribution in [0.1, 0.15) is 5.56 Å². The van der Waals surface area contributed by atoms with E-state index in [2.05, 4.69) is 25.3 Å². The van der Waals surface area contributed by atoms with Crippen LogP contribution in [0.2, 0.25) is 0 Å². The normalized spacial score (nSPS) is 8.70. The Morgan fingerprint density at radius 2 is 1.70 bits per heavy atom. The molecule has 0 N–H and O–H groups in total. The van der Waals surface area contributed by atoms with Gasteiger partial charge in [0.25, 0.3) is 0 Å². The van der Waals surface area contributed by atoms with Gasteiger partial charge in [0.05, 0.1) is 0 Å². The van der Waals surface area contributed by atoms with E-state index in [1.54, 1.807) is 0 Å². The molecule has 0 aliphatic heterocycles. The van der Waals surface area contributed by atoms with Crippen molar-refractivity contribution in [2.75, 3.05) is 0 Å². The van der Waals surface area contributed by atoms with Crippen molar-refractivity contribution in [3.63, 3.8) is 0 Å². The van der Waals surface area contributed by atoms with Crippen LogP contribution in [0.4, 0.5) is 0 Å². The molecular formula is C7H8BiS2. The standard InChI is InChI=1S/C7H8S2.Bi/c1-5-2-3-6(8)7(9)4-5;/h2-4,8-9H,1H3;. The van der Waals surface area contributed by atoms with Crippen molar-refractivity contribution in [3.05, 3.63) is 23.8 Å². The van der Waals surface area contributed by atoms with E-state index in [4.69, 9.17) is 0 Å². The predicted molar refractivity (Wildman–Crippen MR) is 51.4 cm³/mol. The van der Waals surface area contributed by atoms with E-state index >= 15 is 0 Å². The predicted octanol–water partition coefficient (Wildman–Crippen LogP) is 2.19. The van der Waals surface area contributed by atoms with Gasteiger partial charge in [-0.3, -0.25) is 0 Å². The average Bonchev–Trinajstić information content (AvgIpc) is 1.80. The molecule has 3 heteroatoms. The van der Waals surface area contributed by atoms with E-state index in [1.807, 2.05) is 25.1 Å². The monoisotopic (exact) mass is 365 g/mol. The van der Waals surface area contributed by atoms with Crippen LogP contribution in [-0.2, 0) is 0 Å². The number of hydrogen-bond donors (Lipinski definition) is 2. The summed E-state index contributed by atoms with van der Waals surface area (Å²) in [5, 5.41) is 0. The first-order valence-electron chi connectivity index (χ1n) is 2.69. The van der Waals surface area contributed by atoms with Gasteiger partial charge in [0.2, 0.25) is 0 Å². The molecule has 0 amide bonds. The summed E-state index contributed by atoms with van der Waals surface area (Å²) >= 11 is 8.36. The van der Waals surface area contributed by atoms with Gasteiger partial charge < -0.3 is 0 Å². The van der Waals surface area contributed by atoms with Crippen LogP contribution in [0.25, 0.3) is 0 Å². The second kappa shape index (κ2) is 4.63. The van der Waals surface area contributed by atoms with Gasteiger partial charge in [0, 0.05) is 36.0 Å². The summed E-state index contributed by atoms with van der Waals surface area (Å²) in [6.45, 7) is 2.03. The zero-order chi connectivity index (χ0) is 6.85. The van der Waals surface area contributed by atoms with Gasteiger partial charge in [0.15, 0.2) is 0 Å². The minimum Gasteiger partial charge on any atom is -0.142 e. The first-order valence-corrected chi connectivity index (χ1v) is 3.58. The molecule has 0 bridgehead atoms. The minimum atomic E-state index is 0. The molecule has 1 aromatic rings. The molecule has 0 nitrogen and oxygen atoms in total. The molecule has 10 heavy (non-hydrogen) atoms. The first-order chi connectivity index (χ1) is 4.20. The van der Waals surface area contributed by atoms with Crippen molar-refractivity contribution >= 4 is 51.5 Å². The Balaban J connectivity index is 0.000000810. The van der Waals surface area contributed by atoms with Crippen LogP contribution in [0, 0.1) is 6.92 Å². The maximum atomic E-state index is 4.19. The van der Waals surface area contributed by atoms with Gasteiger partial charge in [0.1, 0.15) is 0 Å². The molecule has 1 rings (SSSR count). The average molecular weight is 365 g/mol. The Morgan fingerprint density at radius 1 is 1.10 bits per heavy atom. The number of rotatable bonds is 0. The van der Waals surface area contributed by atoms with Gasteiger partial charge in [-0.25, -0.2) is 0 Å². The van der Waals surface area contributed by atoms with Crippen LogP contribution in [0.15, 0.2) is 28.0 Å². The second-order valence-electron chi connectivity index (χ2n) is 1.99. The Morgan fingerprint density at radius 3 is 2.10 bits per heavy atom. The second-order valence-corrected chi connectivity index (χ2v) is 2.96. The number of thiol groups is 2. The number of aryl methyl sites for hydroxylation is 1. The Kier molecular flexibility index (Phi) is 5.01. The van der Waals surface area contributed by atoms with Gasteiger partial charge in [-0.15, -0.1) is 25.3 Å². The molecule has 0 aliphatic rings. The van der Waals surface area contributed by atoms with Crippen molar-refractivity contribution in [2.45, 2.75) is 16.7 Å². The maximum absolute atomic E-state index is 4.19. The van der Waals surface area contributed by atoms with Gasteiger partial charge in [-0.1, -0.05) is 6.07 Å². The molecule has 0 aromatic heterocycles. The van der Waals surface area contributed by atoms with E-state index < -0.39 is 0 Å². The largest absolute Gasteiger partial charge is 0.142 e. The third-order valence-electron chi connectivity index (χ3n) is 1.13. The van der Waals surface area contributed by atoms with Crippen molar-refractivity contribution < 1.29 is 0 Å². The van der Waals surface area contributed by atoms with E-state index in [0.29, 0.717) is 0 Å². The van der Waals surface area contributed by atoms with Gasteiger partial charge in [-0.05, 0) is 24.6 Å². The fraction of sp³-hybridized carbons (Fsp3) is 0.143. The van der Waals surface area contributed by atoms with Crippen LogP contribution in [0.5, 0.6) is 0 Å². The van der Waals surface area contributed by atoms with Crippen LogP contribution in [-0.4, -0.2) is 26.2 Å². The molecule has 0 saturated carbocycles. The zero-order valence-corrected chi connectivity index (χ0v) is 10.8. The zero-order valence-electron chi connectivity index (χ0n) is 5.57. The summed E-state index contributed by atoms with van der Waals surface area (Å²) in [6.07, 6.45) is 0. The molecule has 0 heterocycles. The van der Waals surface area contributed by atoms with Crippen molar-refractivity contribution in [1.82, 2.24) is 0 Å². The van der Waals surface area contributed by atoms with E-state index in [-0.39, 0.29) is 26.2 Å². The molecule has 53 valence electrons. The van der Waals surface area contributed by atoms with E-state index in [9.17, 15) is 0 Å². The van der Waals surface area contributed by atoms with Crippen molar-refractivity contribution in [3.8, 4) is 0 Å². The molecule has 0 spiro atoms. The summed E-state index contributed by atoms with van der Waals surface area (Å²) in [4.78, 5) is 1.88. The van der Waals surface area contributed by atoms with Gasteiger partial charge >= 0.3 is 0 Å². The first kappa shape index (κ1) is 10.8. The van der Waals surface area contributed by atoms with Crippen LogP contribution >= 0.6 is 25.3 Å². The van der Waals surface area contributed by atoms with Crippen molar-refractivity contribution in [1.29, 1.82) is 0 Å². The molecule has 0 aliphatic carbocycles. The number of hydrogen-bond acceptors (Lipinski definition) is 2. The topological polar surface area (TPSA) is 0 Å². The quantitative estimate of drug-likeness (QED) is 0.511. The Labute approximate surface area is 91.4 Å². The number of benzene rings is 1. The fourth-order valence-corrected chi connectivity index (χ4v) is 1.05. The third-order valence-corrected chi connectivity index (χ3v) is 2.07. The summed E-state index contributed by atoms with van der Waals surface area (Å²) in [5.74, 6) is 0. The summed E-state index contributed by atoms with van der Waals surface area (Å²) in [5.41, 5.74) is 1.22. The summed E-state index contributed by atoms with van der Waals surface area (Å²) < 4.78 is 0. The van der Waals surface area contributed by atoms with Gasteiger partial charge in [-0.2, -0.15) is 0 Å². The SMILES string of the molecule is Cc1ccc(S)c(S)c1.[Bi]. The fourth-order valence-electron chi connectivity index (χ4n) is 0.633. The Bertz CT molecular complexity index is 223. The molecule has 0 atom stereocenters. The summed E-state index contributed by atoms with van der Waals surface area (Å²) in [7, 11) is 0.